The van der Waals surface area contributed by atoms with E-state index in [2.05, 4.69) is 10.2 Å². The fourth-order valence-electron chi connectivity index (χ4n) is 1.80. The lowest BCUT2D eigenvalue weighted by atomic mass is 10.0. The summed E-state index contributed by atoms with van der Waals surface area (Å²) in [5, 5.41) is 8.91. The zero-order valence-electron chi connectivity index (χ0n) is 11.3. The number of carbonyl (C=O) groups is 2. The third kappa shape index (κ3) is 2.74. The Labute approximate surface area is 115 Å². The summed E-state index contributed by atoms with van der Waals surface area (Å²) in [5.74, 6) is -1.12. The summed E-state index contributed by atoms with van der Waals surface area (Å²) in [6, 6.07) is 3.13. The summed E-state index contributed by atoms with van der Waals surface area (Å²) >= 11 is 0. The minimum atomic E-state index is -0.561. The van der Waals surface area contributed by atoms with Crippen molar-refractivity contribution in [3.8, 4) is 0 Å². The van der Waals surface area contributed by atoms with Crippen LogP contribution in [0.5, 0.6) is 0 Å². The largest absolute Gasteiger partial charge is 0.462 e. The van der Waals surface area contributed by atoms with E-state index in [1.54, 1.807) is 26.0 Å². The van der Waals surface area contributed by atoms with Gasteiger partial charge in [-0.1, -0.05) is 0 Å². The Kier molecular flexibility index (Phi) is 4.24. The van der Waals surface area contributed by atoms with Crippen LogP contribution in [0.4, 0.5) is 0 Å². The van der Waals surface area contributed by atoms with Crippen molar-refractivity contribution in [3.63, 3.8) is 0 Å². The third-order valence-corrected chi connectivity index (χ3v) is 2.67. The number of benzene rings is 1. The molecule has 0 atom stereocenters. The van der Waals surface area contributed by atoms with E-state index in [-0.39, 0.29) is 24.3 Å². The summed E-state index contributed by atoms with van der Waals surface area (Å²) in [7, 11) is 0. The molecular formula is C14H14N2O4. The van der Waals surface area contributed by atoms with Gasteiger partial charge in [-0.2, -0.15) is 10.2 Å². The van der Waals surface area contributed by atoms with Crippen LogP contribution in [0.2, 0.25) is 0 Å². The predicted molar refractivity (Wildman–Crippen MR) is 71.5 cm³/mol. The SMILES string of the molecule is CCOC(=O)c1cc2cnncc2cc1C(=O)OCC. The van der Waals surface area contributed by atoms with Gasteiger partial charge in [0.25, 0.3) is 0 Å². The van der Waals surface area contributed by atoms with Crippen molar-refractivity contribution in [2.75, 3.05) is 13.2 Å². The predicted octanol–water partition coefficient (Wildman–Crippen LogP) is 1.98. The maximum absolute atomic E-state index is 12.0. The zero-order valence-corrected chi connectivity index (χ0v) is 11.3. The molecule has 2 rings (SSSR count). The maximum atomic E-state index is 12.0. The average Bonchev–Trinajstić information content (AvgIpc) is 2.46. The van der Waals surface area contributed by atoms with Crippen molar-refractivity contribution in [1.82, 2.24) is 10.2 Å². The molecule has 0 amide bonds. The van der Waals surface area contributed by atoms with Gasteiger partial charge >= 0.3 is 11.9 Å². The van der Waals surface area contributed by atoms with Gasteiger partial charge in [-0.25, -0.2) is 9.59 Å². The van der Waals surface area contributed by atoms with E-state index in [9.17, 15) is 9.59 Å². The summed E-state index contributed by atoms with van der Waals surface area (Å²) in [6.07, 6.45) is 3.04. The van der Waals surface area contributed by atoms with Crippen molar-refractivity contribution in [1.29, 1.82) is 0 Å². The Hall–Kier alpha value is -2.50. The molecule has 6 nitrogen and oxygen atoms in total. The van der Waals surface area contributed by atoms with Crippen molar-refractivity contribution in [3.05, 3.63) is 35.7 Å². The van der Waals surface area contributed by atoms with E-state index in [1.165, 1.54) is 12.4 Å². The molecule has 1 heterocycles. The van der Waals surface area contributed by atoms with Gasteiger partial charge in [0.2, 0.25) is 0 Å². The molecule has 6 heteroatoms. The summed E-state index contributed by atoms with van der Waals surface area (Å²) in [4.78, 5) is 23.9. The smallest absolute Gasteiger partial charge is 0.339 e. The lowest BCUT2D eigenvalue weighted by Gasteiger charge is -2.09. The number of ether oxygens (including phenoxy) is 2. The van der Waals surface area contributed by atoms with Crippen molar-refractivity contribution in [2.24, 2.45) is 0 Å². The summed E-state index contributed by atoms with van der Waals surface area (Å²) in [5.41, 5.74) is 0.344. The van der Waals surface area contributed by atoms with E-state index in [0.717, 1.165) is 0 Å². The number of nitrogens with zero attached hydrogens (tertiary/aromatic N) is 2. The molecule has 0 aliphatic heterocycles. The summed E-state index contributed by atoms with van der Waals surface area (Å²) in [6.45, 7) is 3.87. The Balaban J connectivity index is 2.58. The highest BCUT2D eigenvalue weighted by Gasteiger charge is 2.20. The van der Waals surface area contributed by atoms with Crippen LogP contribution < -0.4 is 0 Å². The molecule has 2 aromatic rings. The second-order valence-electron chi connectivity index (χ2n) is 3.96. The average molecular weight is 274 g/mol. The Morgan fingerprint density at radius 2 is 1.30 bits per heavy atom. The quantitative estimate of drug-likeness (QED) is 0.793. The first kappa shape index (κ1) is 13.9. The van der Waals surface area contributed by atoms with Crippen LogP contribution in [0.15, 0.2) is 24.5 Å². The van der Waals surface area contributed by atoms with Gasteiger partial charge in [-0.3, -0.25) is 0 Å². The zero-order chi connectivity index (χ0) is 14.5. The number of esters is 2. The monoisotopic (exact) mass is 274 g/mol. The maximum Gasteiger partial charge on any atom is 0.339 e. The molecule has 0 radical (unpaired) electrons. The van der Waals surface area contributed by atoms with Crippen LogP contribution in [0.25, 0.3) is 10.8 Å². The van der Waals surface area contributed by atoms with Gasteiger partial charge in [0.1, 0.15) is 0 Å². The van der Waals surface area contributed by atoms with Gasteiger partial charge in [0.05, 0.1) is 36.7 Å². The number of rotatable bonds is 4. The molecule has 0 N–H and O–H groups in total. The van der Waals surface area contributed by atoms with Gasteiger partial charge in [0, 0.05) is 10.8 Å². The highest BCUT2D eigenvalue weighted by atomic mass is 16.5. The molecule has 0 saturated heterocycles. The first-order valence-electron chi connectivity index (χ1n) is 6.26. The molecular weight excluding hydrogens is 260 g/mol. The second kappa shape index (κ2) is 6.10. The Bertz CT molecular complexity index is 598. The molecule has 1 aromatic heterocycles. The second-order valence-corrected chi connectivity index (χ2v) is 3.96. The lowest BCUT2D eigenvalue weighted by molar-refractivity contribution is 0.0479. The van der Waals surface area contributed by atoms with Crippen LogP contribution in [-0.4, -0.2) is 35.3 Å². The molecule has 20 heavy (non-hydrogen) atoms. The molecule has 1 aromatic carbocycles. The van der Waals surface area contributed by atoms with Crippen LogP contribution in [0.3, 0.4) is 0 Å². The molecule has 0 bridgehead atoms. The molecule has 0 fully saturated rings. The topological polar surface area (TPSA) is 78.4 Å². The van der Waals surface area contributed by atoms with Crippen molar-refractivity contribution in [2.45, 2.75) is 13.8 Å². The lowest BCUT2D eigenvalue weighted by Crippen LogP contribution is -2.14. The molecule has 0 saturated carbocycles. The highest BCUT2D eigenvalue weighted by molar-refractivity contribution is 6.07. The van der Waals surface area contributed by atoms with Crippen LogP contribution in [0.1, 0.15) is 34.6 Å². The Morgan fingerprint density at radius 3 is 1.65 bits per heavy atom. The third-order valence-electron chi connectivity index (χ3n) is 2.67. The fourth-order valence-corrected chi connectivity index (χ4v) is 1.80. The van der Waals surface area contributed by atoms with Crippen LogP contribution >= 0.6 is 0 Å². The van der Waals surface area contributed by atoms with Gasteiger partial charge in [-0.05, 0) is 26.0 Å². The van der Waals surface area contributed by atoms with Crippen LogP contribution in [0, 0.1) is 0 Å². The van der Waals surface area contributed by atoms with Crippen LogP contribution in [-0.2, 0) is 9.47 Å². The highest BCUT2D eigenvalue weighted by Crippen LogP contribution is 2.20. The van der Waals surface area contributed by atoms with Crippen molar-refractivity contribution < 1.29 is 19.1 Å². The van der Waals surface area contributed by atoms with E-state index >= 15 is 0 Å². The number of hydrogen-bond acceptors (Lipinski definition) is 6. The van der Waals surface area contributed by atoms with E-state index < -0.39 is 11.9 Å². The number of fused-ring (bicyclic) bond motifs is 1. The molecule has 0 aliphatic carbocycles. The van der Waals surface area contributed by atoms with Gasteiger partial charge < -0.3 is 9.47 Å². The van der Waals surface area contributed by atoms with E-state index in [1.807, 2.05) is 0 Å². The molecule has 0 aliphatic rings. The Morgan fingerprint density at radius 1 is 0.900 bits per heavy atom. The first-order valence-corrected chi connectivity index (χ1v) is 6.26. The molecule has 104 valence electrons. The normalized spacial score (nSPS) is 10.3. The number of aromatic nitrogens is 2. The fraction of sp³-hybridized carbons (Fsp3) is 0.286. The van der Waals surface area contributed by atoms with Gasteiger partial charge in [-0.15, -0.1) is 0 Å². The molecule has 0 unspecified atom stereocenters. The minimum Gasteiger partial charge on any atom is -0.462 e. The number of carbonyl (C=O) groups excluding carboxylic acids is 2. The standard InChI is InChI=1S/C14H14N2O4/c1-3-19-13(17)11-5-9-7-15-16-8-10(9)6-12(11)14(18)20-4-2/h5-8H,3-4H2,1-2H3. The molecule has 0 spiro atoms. The van der Waals surface area contributed by atoms with Crippen molar-refractivity contribution >= 4 is 22.7 Å². The first-order chi connectivity index (χ1) is 9.67. The van der Waals surface area contributed by atoms with Gasteiger partial charge in [0.15, 0.2) is 0 Å². The minimum absolute atomic E-state index is 0.172. The van der Waals surface area contributed by atoms with E-state index in [0.29, 0.717) is 10.8 Å². The summed E-state index contributed by atoms with van der Waals surface area (Å²) < 4.78 is 9.93. The number of hydrogen-bond donors (Lipinski definition) is 0. The van der Waals surface area contributed by atoms with E-state index in [4.69, 9.17) is 9.47 Å².